The molecule has 5 aliphatic rings. The highest BCUT2D eigenvalue weighted by atomic mass is 19.1. The minimum absolute atomic E-state index is 0.0923. The maximum Gasteiger partial charge on any atom is 0.410 e. The van der Waals surface area contributed by atoms with Crippen molar-refractivity contribution in [1.82, 2.24) is 14.5 Å². The fourth-order valence-electron chi connectivity index (χ4n) is 7.43. The van der Waals surface area contributed by atoms with Crippen molar-refractivity contribution in [3.8, 4) is 0 Å². The first-order valence-corrected chi connectivity index (χ1v) is 11.7. The van der Waals surface area contributed by atoms with E-state index < -0.39 is 0 Å². The number of benzene rings is 1. The number of imidazole rings is 1. The zero-order chi connectivity index (χ0) is 22.2. The van der Waals surface area contributed by atoms with E-state index in [2.05, 4.69) is 9.55 Å². The molecule has 0 radical (unpaired) electrons. The maximum absolute atomic E-state index is 13.6. The third kappa shape index (κ3) is 2.94. The molecular formula is C24H29FN4O3. The van der Waals surface area contributed by atoms with Crippen LogP contribution in [-0.4, -0.2) is 45.6 Å². The van der Waals surface area contributed by atoms with Crippen LogP contribution in [0.4, 0.5) is 9.18 Å². The van der Waals surface area contributed by atoms with Crippen LogP contribution in [0.25, 0.3) is 11.0 Å². The van der Waals surface area contributed by atoms with Crippen LogP contribution in [0.2, 0.25) is 0 Å². The van der Waals surface area contributed by atoms with Crippen molar-refractivity contribution >= 4 is 23.0 Å². The summed E-state index contributed by atoms with van der Waals surface area (Å²) in [5, 5.41) is 0. The second-order valence-electron chi connectivity index (χ2n) is 10.5. The quantitative estimate of drug-likeness (QED) is 0.790. The molecular weight excluding hydrogens is 411 g/mol. The molecule has 8 heteroatoms. The summed E-state index contributed by atoms with van der Waals surface area (Å²) in [5.74, 6) is 1.37. The van der Waals surface area contributed by atoms with Gasteiger partial charge in [-0.3, -0.25) is 4.79 Å². The summed E-state index contributed by atoms with van der Waals surface area (Å²) >= 11 is 0. The van der Waals surface area contributed by atoms with Crippen molar-refractivity contribution in [3.05, 3.63) is 29.8 Å². The number of aryl methyl sites for hydroxylation is 1. The number of hydrogen-bond donors (Lipinski definition) is 1. The lowest BCUT2D eigenvalue weighted by Crippen LogP contribution is -2.59. The van der Waals surface area contributed by atoms with E-state index in [1.54, 1.807) is 11.0 Å². The third-order valence-corrected chi connectivity index (χ3v) is 8.56. The highest BCUT2D eigenvalue weighted by Crippen LogP contribution is 2.60. The van der Waals surface area contributed by atoms with Crippen molar-refractivity contribution in [2.24, 2.45) is 28.9 Å². The molecule has 7 rings (SSSR count). The van der Waals surface area contributed by atoms with E-state index in [0.29, 0.717) is 24.5 Å². The Morgan fingerprint density at radius 2 is 1.97 bits per heavy atom. The number of nitrogens with two attached hydrogens (primary N) is 1. The Kier molecular flexibility index (Phi) is 4.33. The van der Waals surface area contributed by atoms with Gasteiger partial charge in [-0.2, -0.15) is 0 Å². The molecule has 1 aliphatic heterocycles. The first-order chi connectivity index (χ1) is 15.3. The molecule has 1 aromatic carbocycles. The van der Waals surface area contributed by atoms with Gasteiger partial charge in [-0.1, -0.05) is 0 Å². The molecule has 170 valence electrons. The summed E-state index contributed by atoms with van der Waals surface area (Å²) in [6.45, 7) is 3.10. The van der Waals surface area contributed by atoms with Crippen LogP contribution in [0.3, 0.4) is 0 Å². The number of ether oxygens (including phenoxy) is 1. The number of nitrogens with zero attached hydrogens (tertiary/aromatic N) is 3. The molecule has 1 saturated heterocycles. The van der Waals surface area contributed by atoms with Crippen molar-refractivity contribution in [1.29, 1.82) is 0 Å². The second-order valence-corrected chi connectivity index (χ2v) is 10.5. The van der Waals surface area contributed by atoms with Gasteiger partial charge < -0.3 is 19.9 Å². The van der Waals surface area contributed by atoms with E-state index in [1.807, 2.05) is 6.92 Å². The number of rotatable bonds is 3. The van der Waals surface area contributed by atoms with E-state index in [9.17, 15) is 14.0 Å². The monoisotopic (exact) mass is 440 g/mol. The molecule has 4 aliphatic carbocycles. The van der Waals surface area contributed by atoms with Crippen LogP contribution in [0.5, 0.6) is 0 Å². The Bertz CT molecular complexity index is 1100. The summed E-state index contributed by atoms with van der Waals surface area (Å²) in [6, 6.07) is 4.75. The summed E-state index contributed by atoms with van der Waals surface area (Å²) in [6.07, 6.45) is 4.93. The Labute approximate surface area is 186 Å². The summed E-state index contributed by atoms with van der Waals surface area (Å²) in [5.41, 5.74) is 6.93. The van der Waals surface area contributed by atoms with Crippen molar-refractivity contribution < 1.29 is 18.7 Å². The van der Waals surface area contributed by atoms with Crippen LogP contribution in [0, 0.1) is 35.9 Å². The number of halogens is 1. The molecule has 2 N–H and O–H groups in total. The van der Waals surface area contributed by atoms with Gasteiger partial charge in [-0.05, 0) is 75.3 Å². The predicted octanol–water partition coefficient (Wildman–Crippen LogP) is 3.55. The lowest BCUT2D eigenvalue weighted by atomic mass is 9.48. The largest absolute Gasteiger partial charge is 0.446 e. The minimum Gasteiger partial charge on any atom is -0.446 e. The van der Waals surface area contributed by atoms with E-state index in [1.165, 1.54) is 12.1 Å². The normalized spacial score (nSPS) is 35.6. The molecule has 2 aromatic rings. The fourth-order valence-corrected chi connectivity index (χ4v) is 7.43. The topological polar surface area (TPSA) is 90.4 Å². The van der Waals surface area contributed by atoms with Gasteiger partial charge in [0.15, 0.2) is 0 Å². The molecule has 0 spiro atoms. The van der Waals surface area contributed by atoms with E-state index >= 15 is 0 Å². The number of hydrogen-bond acceptors (Lipinski definition) is 4. The summed E-state index contributed by atoms with van der Waals surface area (Å²) in [7, 11) is 0. The van der Waals surface area contributed by atoms with Crippen molar-refractivity contribution in [2.45, 2.75) is 57.6 Å². The van der Waals surface area contributed by atoms with Crippen LogP contribution in [0.1, 0.15) is 50.4 Å². The molecule has 2 amide bonds. The van der Waals surface area contributed by atoms with Gasteiger partial charge >= 0.3 is 6.09 Å². The third-order valence-electron chi connectivity index (χ3n) is 8.56. The number of primary amides is 1. The second kappa shape index (κ2) is 6.93. The van der Waals surface area contributed by atoms with E-state index in [4.69, 9.17) is 10.5 Å². The summed E-state index contributed by atoms with van der Waals surface area (Å²) < 4.78 is 21.8. The zero-order valence-corrected chi connectivity index (χ0v) is 18.3. The van der Waals surface area contributed by atoms with Crippen LogP contribution >= 0.6 is 0 Å². The number of amides is 2. The average Bonchev–Trinajstić information content (AvgIpc) is 3.33. The lowest BCUT2D eigenvalue weighted by molar-refractivity contribution is -0.161. The zero-order valence-electron chi connectivity index (χ0n) is 18.3. The van der Waals surface area contributed by atoms with Crippen molar-refractivity contribution in [3.63, 3.8) is 0 Å². The van der Waals surface area contributed by atoms with Crippen molar-refractivity contribution in [2.75, 3.05) is 13.1 Å². The van der Waals surface area contributed by atoms with Crippen LogP contribution in [0.15, 0.2) is 18.2 Å². The molecule has 5 fully saturated rings. The number of fused-ring (bicyclic) bond motifs is 1. The predicted molar refractivity (Wildman–Crippen MR) is 115 cm³/mol. The lowest BCUT2D eigenvalue weighted by Gasteiger charge is -2.58. The van der Waals surface area contributed by atoms with Crippen LogP contribution < -0.4 is 5.73 Å². The van der Waals surface area contributed by atoms with Gasteiger partial charge in [-0.25, -0.2) is 14.2 Å². The number of carbonyl (C=O) groups excluding carboxylic acids is 2. The van der Waals surface area contributed by atoms with Crippen LogP contribution in [-0.2, 0) is 9.53 Å². The van der Waals surface area contributed by atoms with Gasteiger partial charge in [0.1, 0.15) is 17.7 Å². The molecule has 7 nitrogen and oxygen atoms in total. The molecule has 1 aromatic heterocycles. The Hall–Kier alpha value is -2.64. The molecule has 2 heterocycles. The molecule has 4 saturated carbocycles. The standard InChI is InChI=1S/C24H29FN4O3/c1-13-27-19-8-17(25)2-3-20(19)29(13)18-4-5-28(12-18)23(31)32-21-15-6-14-7-16(21)11-24(9-14,10-15)22(26)30/h2-3,8,14-16,18,21H,4-7,9-12H2,1H3,(H2,26,30)/t14?,15-,16?,18+,21?,24?/m1/s1. The maximum atomic E-state index is 13.6. The molecule has 6 atom stereocenters. The highest BCUT2D eigenvalue weighted by molar-refractivity contribution is 5.81. The Balaban J connectivity index is 1.16. The van der Waals surface area contributed by atoms with Gasteiger partial charge in [0.05, 0.1) is 22.5 Å². The first kappa shape index (κ1) is 20.0. The number of carbonyl (C=O) groups is 2. The van der Waals surface area contributed by atoms with Gasteiger partial charge in [-0.15, -0.1) is 0 Å². The smallest absolute Gasteiger partial charge is 0.410 e. The van der Waals surface area contributed by atoms with Gasteiger partial charge in [0.25, 0.3) is 0 Å². The number of aromatic nitrogens is 2. The number of likely N-dealkylation sites (tertiary alicyclic amines) is 1. The Morgan fingerprint density at radius 1 is 1.22 bits per heavy atom. The van der Waals surface area contributed by atoms with E-state index in [0.717, 1.165) is 49.9 Å². The molecule has 32 heavy (non-hydrogen) atoms. The average molecular weight is 441 g/mol. The van der Waals surface area contributed by atoms with E-state index in [-0.39, 0.29) is 47.2 Å². The first-order valence-electron chi connectivity index (χ1n) is 11.7. The molecule has 4 unspecified atom stereocenters. The Morgan fingerprint density at radius 3 is 2.69 bits per heavy atom. The summed E-state index contributed by atoms with van der Waals surface area (Å²) in [4.78, 5) is 31.5. The van der Waals surface area contributed by atoms with Gasteiger partial charge in [0.2, 0.25) is 5.91 Å². The minimum atomic E-state index is -0.377. The fraction of sp³-hybridized carbons (Fsp3) is 0.625. The molecule has 4 bridgehead atoms. The van der Waals surface area contributed by atoms with Gasteiger partial charge in [0, 0.05) is 19.2 Å². The SMILES string of the molecule is Cc1nc2cc(F)ccc2n1[C@H]1CCN(C(=O)OC2C3CC4C[C@@H]2CC(C(N)=O)(C4)C3)C1. The highest BCUT2D eigenvalue weighted by Gasteiger charge is 2.59.